The highest BCUT2D eigenvalue weighted by molar-refractivity contribution is 5.39. The summed E-state index contributed by atoms with van der Waals surface area (Å²) in [4.78, 5) is 10.6. The lowest BCUT2D eigenvalue weighted by Gasteiger charge is -2.38. The minimum Gasteiger partial charge on any atom is -0.352 e. The van der Waals surface area contributed by atoms with Crippen molar-refractivity contribution in [2.24, 2.45) is 11.7 Å². The number of aromatic nitrogens is 2. The van der Waals surface area contributed by atoms with Crippen LogP contribution >= 0.6 is 0 Å². The second kappa shape index (κ2) is 5.11. The first-order chi connectivity index (χ1) is 8.24. The van der Waals surface area contributed by atoms with Crippen LogP contribution in [0.3, 0.4) is 0 Å². The minimum absolute atomic E-state index is 0.355. The molecular weight excluding hydrogens is 214 g/mol. The van der Waals surface area contributed by atoms with E-state index in [4.69, 9.17) is 11.0 Å². The van der Waals surface area contributed by atoms with Crippen LogP contribution in [0, 0.1) is 17.2 Å². The van der Waals surface area contributed by atoms with Crippen molar-refractivity contribution in [1.82, 2.24) is 9.97 Å². The Morgan fingerprint density at radius 3 is 2.88 bits per heavy atom. The van der Waals surface area contributed by atoms with Gasteiger partial charge in [0.1, 0.15) is 11.9 Å². The number of hydrogen-bond donors (Lipinski definition) is 1. The first kappa shape index (κ1) is 11.8. The van der Waals surface area contributed by atoms with Crippen LogP contribution in [0.1, 0.15) is 25.5 Å². The predicted octanol–water partition coefficient (Wildman–Crippen LogP) is 0.912. The fourth-order valence-corrected chi connectivity index (χ4v) is 2.22. The van der Waals surface area contributed by atoms with Gasteiger partial charge in [-0.1, -0.05) is 0 Å². The van der Waals surface area contributed by atoms with Gasteiger partial charge in [-0.15, -0.1) is 0 Å². The normalized spacial score (nSPS) is 24.4. The molecule has 1 aliphatic heterocycles. The Morgan fingerprint density at radius 2 is 2.29 bits per heavy atom. The Kier molecular flexibility index (Phi) is 3.55. The summed E-state index contributed by atoms with van der Waals surface area (Å²) in [5, 5.41) is 8.69. The highest BCUT2D eigenvalue weighted by Crippen LogP contribution is 2.25. The molecular formula is C12H17N5. The first-order valence-electron chi connectivity index (χ1n) is 5.93. The van der Waals surface area contributed by atoms with Crippen molar-refractivity contribution >= 4 is 5.82 Å². The molecule has 2 rings (SSSR count). The largest absolute Gasteiger partial charge is 0.352 e. The smallest absolute Gasteiger partial charge is 0.158 e. The van der Waals surface area contributed by atoms with E-state index in [1.807, 2.05) is 6.07 Å². The monoisotopic (exact) mass is 231 g/mol. The van der Waals surface area contributed by atoms with E-state index in [1.54, 1.807) is 6.20 Å². The lowest BCUT2D eigenvalue weighted by atomic mass is 9.93. The van der Waals surface area contributed by atoms with Crippen molar-refractivity contribution in [2.45, 2.75) is 25.8 Å². The quantitative estimate of drug-likeness (QED) is 0.818. The Morgan fingerprint density at radius 1 is 1.47 bits per heavy atom. The molecule has 90 valence electrons. The SMILES string of the molecule is CC1CCC(CN)CN1c1cnc(C#N)cn1. The Labute approximate surface area is 101 Å². The summed E-state index contributed by atoms with van der Waals surface area (Å²) in [5.74, 6) is 1.37. The molecule has 1 fully saturated rings. The third kappa shape index (κ3) is 2.53. The molecule has 17 heavy (non-hydrogen) atoms. The molecule has 0 amide bonds. The van der Waals surface area contributed by atoms with E-state index in [-0.39, 0.29) is 0 Å². The Hall–Kier alpha value is -1.67. The van der Waals surface area contributed by atoms with Crippen LogP contribution < -0.4 is 10.6 Å². The molecule has 5 heteroatoms. The molecule has 1 aliphatic rings. The number of rotatable bonds is 2. The van der Waals surface area contributed by atoms with Gasteiger partial charge in [-0.3, -0.25) is 0 Å². The fourth-order valence-electron chi connectivity index (χ4n) is 2.22. The van der Waals surface area contributed by atoms with Crippen LogP contribution in [0.4, 0.5) is 5.82 Å². The van der Waals surface area contributed by atoms with Crippen molar-refractivity contribution < 1.29 is 0 Å². The third-order valence-electron chi connectivity index (χ3n) is 3.36. The van der Waals surface area contributed by atoms with Crippen LogP contribution in [0.15, 0.2) is 12.4 Å². The molecule has 0 aliphatic carbocycles. The van der Waals surface area contributed by atoms with Crippen LogP contribution in [0.2, 0.25) is 0 Å². The molecule has 1 aromatic heterocycles. The van der Waals surface area contributed by atoms with Crippen LogP contribution in [0.5, 0.6) is 0 Å². The lowest BCUT2D eigenvalue weighted by molar-refractivity contribution is 0.371. The van der Waals surface area contributed by atoms with Gasteiger partial charge in [0.25, 0.3) is 0 Å². The molecule has 5 nitrogen and oxygen atoms in total. The first-order valence-corrected chi connectivity index (χ1v) is 5.93. The maximum Gasteiger partial charge on any atom is 0.158 e. The zero-order valence-electron chi connectivity index (χ0n) is 10.0. The standard InChI is InChI=1S/C12H17N5/c1-9-2-3-10(4-13)8-17(9)12-7-15-11(5-14)6-16-12/h6-7,9-10H,2-4,8,13H2,1H3. The summed E-state index contributed by atoms with van der Waals surface area (Å²) in [6.07, 6.45) is 5.50. The van der Waals surface area contributed by atoms with E-state index in [2.05, 4.69) is 21.8 Å². The van der Waals surface area contributed by atoms with E-state index in [0.29, 0.717) is 24.2 Å². The van der Waals surface area contributed by atoms with E-state index in [1.165, 1.54) is 12.6 Å². The van der Waals surface area contributed by atoms with Crippen molar-refractivity contribution in [3.05, 3.63) is 18.1 Å². The summed E-state index contributed by atoms with van der Waals surface area (Å²) in [6.45, 7) is 3.83. The number of piperidine rings is 1. The number of hydrogen-bond acceptors (Lipinski definition) is 5. The van der Waals surface area contributed by atoms with Crippen LogP contribution in [0.25, 0.3) is 0 Å². The van der Waals surface area contributed by atoms with Gasteiger partial charge in [0.2, 0.25) is 0 Å². The van der Waals surface area contributed by atoms with Gasteiger partial charge in [0.15, 0.2) is 5.69 Å². The highest BCUT2D eigenvalue weighted by atomic mass is 15.2. The van der Waals surface area contributed by atoms with E-state index >= 15 is 0 Å². The van der Waals surface area contributed by atoms with Gasteiger partial charge in [0, 0.05) is 12.6 Å². The van der Waals surface area contributed by atoms with E-state index in [9.17, 15) is 0 Å². The average Bonchev–Trinajstić information content (AvgIpc) is 2.39. The van der Waals surface area contributed by atoms with Crippen LogP contribution in [-0.4, -0.2) is 29.1 Å². The molecule has 2 unspecified atom stereocenters. The number of nitriles is 1. The molecule has 1 saturated heterocycles. The molecule has 2 N–H and O–H groups in total. The Bertz CT molecular complexity index is 408. The zero-order valence-corrected chi connectivity index (χ0v) is 10.0. The van der Waals surface area contributed by atoms with E-state index < -0.39 is 0 Å². The minimum atomic E-state index is 0.355. The fraction of sp³-hybridized carbons (Fsp3) is 0.583. The molecule has 0 saturated carbocycles. The number of anilines is 1. The summed E-state index contributed by atoms with van der Waals surface area (Å²) in [6, 6.07) is 2.43. The maximum atomic E-state index is 8.69. The van der Waals surface area contributed by atoms with Crippen molar-refractivity contribution in [2.75, 3.05) is 18.0 Å². The molecule has 2 atom stereocenters. The van der Waals surface area contributed by atoms with Gasteiger partial charge in [-0.25, -0.2) is 9.97 Å². The molecule has 0 aromatic carbocycles. The number of nitrogens with two attached hydrogens (primary N) is 1. The van der Waals surface area contributed by atoms with Crippen molar-refractivity contribution in [1.29, 1.82) is 5.26 Å². The van der Waals surface area contributed by atoms with E-state index in [0.717, 1.165) is 18.8 Å². The molecule has 0 bridgehead atoms. The van der Waals surface area contributed by atoms with Gasteiger partial charge in [-0.05, 0) is 32.2 Å². The van der Waals surface area contributed by atoms with Crippen LogP contribution in [-0.2, 0) is 0 Å². The highest BCUT2D eigenvalue weighted by Gasteiger charge is 2.25. The second-order valence-corrected chi connectivity index (χ2v) is 4.55. The second-order valence-electron chi connectivity index (χ2n) is 4.55. The van der Waals surface area contributed by atoms with Crippen molar-refractivity contribution in [3.63, 3.8) is 0 Å². The lowest BCUT2D eigenvalue weighted by Crippen LogP contribution is -2.44. The summed E-state index contributed by atoms with van der Waals surface area (Å²) in [5.41, 5.74) is 6.08. The van der Waals surface area contributed by atoms with Gasteiger partial charge in [-0.2, -0.15) is 5.26 Å². The maximum absolute atomic E-state index is 8.69. The molecule has 0 radical (unpaired) electrons. The predicted molar refractivity (Wildman–Crippen MR) is 65.3 cm³/mol. The molecule has 0 spiro atoms. The number of nitrogens with zero attached hydrogens (tertiary/aromatic N) is 4. The van der Waals surface area contributed by atoms with Gasteiger partial charge < -0.3 is 10.6 Å². The average molecular weight is 231 g/mol. The summed E-state index contributed by atoms with van der Waals surface area (Å²) < 4.78 is 0. The summed E-state index contributed by atoms with van der Waals surface area (Å²) in [7, 11) is 0. The molecule has 1 aromatic rings. The molecule has 2 heterocycles. The van der Waals surface area contributed by atoms with Crippen molar-refractivity contribution in [3.8, 4) is 6.07 Å². The summed E-state index contributed by atoms with van der Waals surface area (Å²) >= 11 is 0. The third-order valence-corrected chi connectivity index (χ3v) is 3.36. The van der Waals surface area contributed by atoms with Gasteiger partial charge in [0.05, 0.1) is 12.4 Å². The zero-order chi connectivity index (χ0) is 12.3. The Balaban J connectivity index is 2.16. The topological polar surface area (TPSA) is 78.8 Å². The van der Waals surface area contributed by atoms with Gasteiger partial charge >= 0.3 is 0 Å².